The number of hydrogen-bond donors (Lipinski definition) is 1. The van der Waals surface area contributed by atoms with Gasteiger partial charge in [-0.25, -0.2) is 5.01 Å². The lowest BCUT2D eigenvalue weighted by Gasteiger charge is -2.29. The lowest BCUT2D eigenvalue weighted by Crippen LogP contribution is -2.43. The molecule has 1 aliphatic heterocycles. The number of carbonyl (C=O) groups is 1. The van der Waals surface area contributed by atoms with Crippen molar-refractivity contribution in [3.63, 3.8) is 0 Å². The van der Waals surface area contributed by atoms with E-state index in [2.05, 4.69) is 21.4 Å². The molecule has 1 fully saturated rings. The Bertz CT molecular complexity index is 531. The summed E-state index contributed by atoms with van der Waals surface area (Å²) >= 11 is 3.17. The largest absolute Gasteiger partial charge is 0.409 e. The molecule has 0 bridgehead atoms. The second-order valence-electron chi connectivity index (χ2n) is 5.45. The van der Waals surface area contributed by atoms with Crippen molar-refractivity contribution in [2.24, 2.45) is 5.41 Å². The van der Waals surface area contributed by atoms with Gasteiger partial charge in [-0.15, -0.1) is 0 Å². The summed E-state index contributed by atoms with van der Waals surface area (Å²) in [6, 6.07) is 4.16. The number of benzene rings is 1. The highest BCUT2D eigenvalue weighted by atomic mass is 79.9. The van der Waals surface area contributed by atoms with E-state index >= 15 is 0 Å². The molecule has 1 N–H and O–H groups in total. The molecule has 0 saturated carbocycles. The van der Waals surface area contributed by atoms with Gasteiger partial charge in [-0.1, -0.05) is 28.1 Å². The Morgan fingerprint density at radius 1 is 1.40 bits per heavy atom. The Kier molecular flexibility index (Phi) is 3.85. The van der Waals surface area contributed by atoms with Crippen LogP contribution in [0.5, 0.6) is 0 Å². The van der Waals surface area contributed by atoms with Gasteiger partial charge in [0.2, 0.25) is 5.91 Å². The van der Waals surface area contributed by atoms with Crippen LogP contribution in [0.1, 0.15) is 25.5 Å². The third-order valence-corrected chi connectivity index (χ3v) is 3.70. The zero-order valence-corrected chi connectivity index (χ0v) is 12.5. The fourth-order valence-corrected chi connectivity index (χ4v) is 2.61. The molecule has 0 aliphatic carbocycles. The van der Waals surface area contributed by atoms with Crippen molar-refractivity contribution in [1.82, 2.24) is 10.4 Å². The molecule has 7 heteroatoms. The smallest absolute Gasteiger partial charge is 0.287 e. The molecule has 1 aliphatic rings. The van der Waals surface area contributed by atoms with E-state index in [0.717, 1.165) is 5.01 Å². The molecule has 1 saturated heterocycles. The Hall–Kier alpha value is -1.08. The van der Waals surface area contributed by atoms with Gasteiger partial charge < -0.3 is 0 Å². The van der Waals surface area contributed by atoms with Crippen LogP contribution in [0.3, 0.4) is 0 Å². The maximum Gasteiger partial charge on any atom is 0.409 e. The second kappa shape index (κ2) is 5.04. The Morgan fingerprint density at radius 3 is 2.50 bits per heavy atom. The van der Waals surface area contributed by atoms with Crippen LogP contribution in [0.2, 0.25) is 0 Å². The standard InChI is InChI=1S/C13H14BrF3N2O/c1-12(2)7-19(18-11(12)20)10(13(15,16)17)8-4-3-5-9(14)6-8/h3-6,10H,7H2,1-2H3,(H,18,20). The minimum atomic E-state index is -4.48. The van der Waals surface area contributed by atoms with Crippen LogP contribution in [0.25, 0.3) is 0 Å². The summed E-state index contributed by atoms with van der Waals surface area (Å²) in [5.74, 6) is -0.401. The first-order chi connectivity index (χ1) is 9.11. The molecule has 1 aromatic rings. The summed E-state index contributed by atoms with van der Waals surface area (Å²) in [5, 5.41) is 0.962. The third-order valence-electron chi connectivity index (χ3n) is 3.21. The first-order valence-corrected chi connectivity index (χ1v) is 6.80. The van der Waals surface area contributed by atoms with E-state index < -0.39 is 23.5 Å². The number of carbonyl (C=O) groups excluding carboxylic acids is 1. The zero-order chi connectivity index (χ0) is 15.1. The van der Waals surface area contributed by atoms with Crippen LogP contribution >= 0.6 is 15.9 Å². The first kappa shape index (κ1) is 15.3. The number of hydrazine groups is 1. The molecule has 1 aromatic carbocycles. The van der Waals surface area contributed by atoms with Gasteiger partial charge in [0.05, 0.1) is 5.41 Å². The average molecular weight is 351 g/mol. The number of alkyl halides is 3. The zero-order valence-electron chi connectivity index (χ0n) is 11.0. The average Bonchev–Trinajstić information content (AvgIpc) is 2.50. The monoisotopic (exact) mass is 350 g/mol. The van der Waals surface area contributed by atoms with Crippen LogP contribution in [-0.4, -0.2) is 23.6 Å². The lowest BCUT2D eigenvalue weighted by atomic mass is 9.94. The maximum absolute atomic E-state index is 13.4. The van der Waals surface area contributed by atoms with E-state index in [4.69, 9.17) is 0 Å². The molecule has 0 aromatic heterocycles. The van der Waals surface area contributed by atoms with Crippen molar-refractivity contribution in [2.75, 3.05) is 6.54 Å². The van der Waals surface area contributed by atoms with Crippen molar-refractivity contribution in [1.29, 1.82) is 0 Å². The highest BCUT2D eigenvalue weighted by Crippen LogP contribution is 2.40. The molecular formula is C13H14BrF3N2O. The van der Waals surface area contributed by atoms with Gasteiger partial charge in [0.25, 0.3) is 0 Å². The van der Waals surface area contributed by atoms with Crippen molar-refractivity contribution in [3.05, 3.63) is 34.3 Å². The Morgan fingerprint density at radius 2 is 2.05 bits per heavy atom. The highest BCUT2D eigenvalue weighted by Gasteiger charge is 2.51. The van der Waals surface area contributed by atoms with Crippen molar-refractivity contribution in [3.8, 4) is 0 Å². The van der Waals surface area contributed by atoms with Gasteiger partial charge in [-0.05, 0) is 31.5 Å². The molecular weight excluding hydrogens is 337 g/mol. The van der Waals surface area contributed by atoms with E-state index in [1.165, 1.54) is 12.1 Å². The van der Waals surface area contributed by atoms with E-state index in [-0.39, 0.29) is 12.1 Å². The van der Waals surface area contributed by atoms with Crippen molar-refractivity contribution >= 4 is 21.8 Å². The Balaban J connectivity index is 2.38. The van der Waals surface area contributed by atoms with Gasteiger partial charge >= 0.3 is 6.18 Å². The van der Waals surface area contributed by atoms with Crippen LogP contribution < -0.4 is 5.43 Å². The predicted octanol–water partition coefficient (Wildman–Crippen LogP) is 3.43. The molecule has 20 heavy (non-hydrogen) atoms. The summed E-state index contributed by atoms with van der Waals surface area (Å²) in [6.07, 6.45) is -4.48. The summed E-state index contributed by atoms with van der Waals surface area (Å²) in [7, 11) is 0. The van der Waals surface area contributed by atoms with Gasteiger partial charge in [-0.3, -0.25) is 10.2 Å². The topological polar surface area (TPSA) is 32.3 Å². The van der Waals surface area contributed by atoms with Crippen LogP contribution in [0.4, 0.5) is 13.2 Å². The van der Waals surface area contributed by atoms with Crippen molar-refractivity contribution < 1.29 is 18.0 Å². The Labute approximate surface area is 123 Å². The molecule has 0 radical (unpaired) electrons. The lowest BCUT2D eigenvalue weighted by molar-refractivity contribution is -0.191. The third kappa shape index (κ3) is 2.98. The number of nitrogens with zero attached hydrogens (tertiary/aromatic N) is 1. The molecule has 3 nitrogen and oxygen atoms in total. The number of hydrogen-bond acceptors (Lipinski definition) is 2. The SMILES string of the molecule is CC1(C)CN(C(c2cccc(Br)c2)C(F)(F)F)NC1=O. The van der Waals surface area contributed by atoms with E-state index in [9.17, 15) is 18.0 Å². The van der Waals surface area contributed by atoms with Crippen LogP contribution in [0, 0.1) is 5.41 Å². The summed E-state index contributed by atoms with van der Waals surface area (Å²) < 4.78 is 40.6. The van der Waals surface area contributed by atoms with E-state index in [0.29, 0.717) is 4.47 Å². The summed E-state index contributed by atoms with van der Waals surface area (Å²) in [6.45, 7) is 3.25. The quantitative estimate of drug-likeness (QED) is 0.886. The summed E-state index contributed by atoms with van der Waals surface area (Å²) in [4.78, 5) is 11.7. The van der Waals surface area contributed by atoms with Gasteiger partial charge in [0.1, 0.15) is 6.04 Å². The van der Waals surface area contributed by atoms with Crippen molar-refractivity contribution in [2.45, 2.75) is 26.1 Å². The number of halogens is 4. The fraction of sp³-hybridized carbons (Fsp3) is 0.462. The van der Waals surface area contributed by atoms with Gasteiger partial charge in [-0.2, -0.15) is 13.2 Å². The minimum Gasteiger partial charge on any atom is -0.287 e. The molecule has 1 atom stereocenters. The molecule has 110 valence electrons. The number of nitrogens with one attached hydrogen (secondary N) is 1. The van der Waals surface area contributed by atoms with Crippen LogP contribution in [-0.2, 0) is 4.79 Å². The van der Waals surface area contributed by atoms with E-state index in [1.54, 1.807) is 26.0 Å². The maximum atomic E-state index is 13.4. The number of amides is 1. The molecule has 0 spiro atoms. The first-order valence-electron chi connectivity index (χ1n) is 6.01. The van der Waals surface area contributed by atoms with Crippen LogP contribution in [0.15, 0.2) is 28.7 Å². The summed E-state index contributed by atoms with van der Waals surface area (Å²) in [5.41, 5.74) is 1.58. The molecule has 2 rings (SSSR count). The molecule has 1 unspecified atom stereocenters. The normalized spacial score (nSPS) is 20.8. The number of rotatable bonds is 2. The minimum absolute atomic E-state index is 0.00250. The van der Waals surface area contributed by atoms with Gasteiger partial charge in [0.15, 0.2) is 0 Å². The molecule has 1 heterocycles. The fourth-order valence-electron chi connectivity index (χ4n) is 2.20. The highest BCUT2D eigenvalue weighted by molar-refractivity contribution is 9.10. The second-order valence-corrected chi connectivity index (χ2v) is 6.37. The van der Waals surface area contributed by atoms with E-state index in [1.807, 2.05) is 0 Å². The molecule has 1 amide bonds. The predicted molar refractivity (Wildman–Crippen MR) is 71.6 cm³/mol. The van der Waals surface area contributed by atoms with Gasteiger partial charge in [0, 0.05) is 11.0 Å².